The van der Waals surface area contributed by atoms with Gasteiger partial charge in [0.1, 0.15) is 6.04 Å². The number of nitrogens with zero attached hydrogens (tertiary/aromatic N) is 1. The third-order valence-electron chi connectivity index (χ3n) is 6.79. The minimum Gasteiger partial charge on any atom is -0.322 e. The Hall–Kier alpha value is -3.03. The molecular formula is C25H28N4O3. The molecule has 2 aromatic carbocycles. The van der Waals surface area contributed by atoms with Crippen molar-refractivity contribution < 1.29 is 14.4 Å². The average molecular weight is 433 g/mol. The van der Waals surface area contributed by atoms with Crippen molar-refractivity contribution in [1.29, 1.82) is 0 Å². The normalized spacial score (nSPS) is 22.9. The maximum atomic E-state index is 13.2. The van der Waals surface area contributed by atoms with Gasteiger partial charge in [-0.25, -0.2) is 0 Å². The van der Waals surface area contributed by atoms with Crippen LogP contribution in [0.3, 0.4) is 0 Å². The minimum absolute atomic E-state index is 0.124. The molecule has 2 atom stereocenters. The lowest BCUT2D eigenvalue weighted by molar-refractivity contribution is -0.136. The summed E-state index contributed by atoms with van der Waals surface area (Å²) in [6, 6.07) is 14.1. The lowest BCUT2D eigenvalue weighted by Gasteiger charge is -2.29. The Labute approximate surface area is 187 Å². The smallest absolute Gasteiger partial charge is 0.255 e. The van der Waals surface area contributed by atoms with Gasteiger partial charge in [0.25, 0.3) is 5.91 Å². The summed E-state index contributed by atoms with van der Waals surface area (Å²) in [4.78, 5) is 38.5. The lowest BCUT2D eigenvalue weighted by atomic mass is 9.97. The Morgan fingerprint density at radius 1 is 1.00 bits per heavy atom. The van der Waals surface area contributed by atoms with Gasteiger partial charge in [0.05, 0.1) is 0 Å². The molecule has 0 aromatic heterocycles. The third-order valence-corrected chi connectivity index (χ3v) is 6.79. The van der Waals surface area contributed by atoms with Gasteiger partial charge in [0.15, 0.2) is 0 Å². The summed E-state index contributed by atoms with van der Waals surface area (Å²) < 4.78 is 0. The van der Waals surface area contributed by atoms with Crippen LogP contribution >= 0.6 is 0 Å². The van der Waals surface area contributed by atoms with Crippen LogP contribution in [0.1, 0.15) is 57.8 Å². The van der Waals surface area contributed by atoms with E-state index in [0.717, 1.165) is 30.8 Å². The van der Waals surface area contributed by atoms with Crippen molar-refractivity contribution >= 4 is 17.7 Å². The van der Waals surface area contributed by atoms with E-state index < -0.39 is 6.04 Å². The Morgan fingerprint density at radius 3 is 2.59 bits per heavy atom. The first kappa shape index (κ1) is 20.8. The molecule has 7 nitrogen and oxygen atoms in total. The number of hydrogen-bond acceptors (Lipinski definition) is 5. The highest BCUT2D eigenvalue weighted by Crippen LogP contribution is 2.30. The van der Waals surface area contributed by atoms with Gasteiger partial charge in [0, 0.05) is 38.2 Å². The highest BCUT2D eigenvalue weighted by molar-refractivity contribution is 6.05. The fourth-order valence-corrected chi connectivity index (χ4v) is 5.03. The lowest BCUT2D eigenvalue weighted by Crippen LogP contribution is -2.52. The van der Waals surface area contributed by atoms with Crippen molar-refractivity contribution in [2.75, 3.05) is 13.1 Å². The summed E-state index contributed by atoms with van der Waals surface area (Å²) in [6.07, 6.45) is 1.84. The topological polar surface area (TPSA) is 90.5 Å². The van der Waals surface area contributed by atoms with Gasteiger partial charge < -0.3 is 15.5 Å². The summed E-state index contributed by atoms with van der Waals surface area (Å²) in [5.74, 6) is -0.157. The van der Waals surface area contributed by atoms with Gasteiger partial charge in [-0.2, -0.15) is 0 Å². The largest absolute Gasteiger partial charge is 0.322 e. The molecule has 3 amide bonds. The molecule has 0 aliphatic carbocycles. The average Bonchev–Trinajstić information content (AvgIpc) is 3.44. The van der Waals surface area contributed by atoms with Crippen LogP contribution in [0.5, 0.6) is 0 Å². The van der Waals surface area contributed by atoms with Gasteiger partial charge in [-0.05, 0) is 47.6 Å². The standard InChI is InChI=1S/C25H28N4O3/c30-22-9-8-21(24(31)28-22)29-15-20-3-1-2-19(23(20)25(29)32)14-27-12-16-4-6-17(7-5-16)18-10-11-26-13-18/h1-7,18,21,26-27H,8-15H2,(H,28,30,31). The first-order valence-corrected chi connectivity index (χ1v) is 11.4. The van der Waals surface area contributed by atoms with Crippen LogP contribution < -0.4 is 16.0 Å². The molecule has 2 fully saturated rings. The summed E-state index contributed by atoms with van der Waals surface area (Å²) in [5.41, 5.74) is 5.17. The second kappa shape index (κ2) is 8.84. The maximum Gasteiger partial charge on any atom is 0.255 e. The molecule has 0 bridgehead atoms. The van der Waals surface area contributed by atoms with Gasteiger partial charge >= 0.3 is 0 Å². The van der Waals surface area contributed by atoms with E-state index in [2.05, 4.69) is 40.2 Å². The van der Waals surface area contributed by atoms with E-state index in [9.17, 15) is 14.4 Å². The third kappa shape index (κ3) is 4.06. The summed E-state index contributed by atoms with van der Waals surface area (Å²) >= 11 is 0. The molecule has 166 valence electrons. The second-order valence-corrected chi connectivity index (χ2v) is 8.89. The monoisotopic (exact) mass is 432 g/mol. The molecule has 32 heavy (non-hydrogen) atoms. The first-order valence-electron chi connectivity index (χ1n) is 11.4. The Kier molecular flexibility index (Phi) is 5.76. The highest BCUT2D eigenvalue weighted by atomic mass is 16.2. The molecule has 3 heterocycles. The number of imide groups is 1. The van der Waals surface area contributed by atoms with Crippen molar-refractivity contribution in [3.8, 4) is 0 Å². The second-order valence-electron chi connectivity index (χ2n) is 8.89. The Balaban J connectivity index is 1.22. The van der Waals surface area contributed by atoms with E-state index in [4.69, 9.17) is 0 Å². The SMILES string of the molecule is O=C1CCC(N2Cc3cccc(CNCc4ccc(C5CCNC5)cc4)c3C2=O)C(=O)N1. The number of carbonyl (C=O) groups excluding carboxylic acids is 3. The predicted octanol–water partition coefficient (Wildman–Crippen LogP) is 1.81. The van der Waals surface area contributed by atoms with Crippen molar-refractivity contribution in [1.82, 2.24) is 20.9 Å². The number of amides is 3. The Morgan fingerprint density at radius 2 is 1.84 bits per heavy atom. The molecule has 3 aliphatic rings. The molecule has 5 rings (SSSR count). The van der Waals surface area contributed by atoms with Crippen molar-refractivity contribution in [2.45, 2.75) is 50.9 Å². The van der Waals surface area contributed by atoms with Gasteiger partial charge in [-0.1, -0.05) is 42.5 Å². The molecule has 2 aromatic rings. The van der Waals surface area contributed by atoms with Gasteiger partial charge in [-0.3, -0.25) is 19.7 Å². The minimum atomic E-state index is -0.581. The number of hydrogen-bond donors (Lipinski definition) is 3. The van der Waals surface area contributed by atoms with Gasteiger partial charge in [0.2, 0.25) is 11.8 Å². The van der Waals surface area contributed by atoms with Crippen molar-refractivity contribution in [3.05, 3.63) is 70.3 Å². The van der Waals surface area contributed by atoms with E-state index in [-0.39, 0.29) is 24.1 Å². The van der Waals surface area contributed by atoms with Crippen LogP contribution in [0.2, 0.25) is 0 Å². The van der Waals surface area contributed by atoms with E-state index >= 15 is 0 Å². The van der Waals surface area contributed by atoms with Crippen LogP contribution in [-0.2, 0) is 29.2 Å². The molecular weight excluding hydrogens is 404 g/mol. The van der Waals surface area contributed by atoms with Crippen LogP contribution in [0.4, 0.5) is 0 Å². The number of benzene rings is 2. The number of fused-ring (bicyclic) bond motifs is 1. The maximum absolute atomic E-state index is 13.2. The molecule has 2 saturated heterocycles. The summed E-state index contributed by atoms with van der Waals surface area (Å²) in [7, 11) is 0. The van der Waals surface area contributed by atoms with Crippen molar-refractivity contribution in [2.24, 2.45) is 0 Å². The summed E-state index contributed by atoms with van der Waals surface area (Å²) in [6.45, 7) is 3.85. The molecule has 3 aliphatic heterocycles. The number of rotatable bonds is 6. The van der Waals surface area contributed by atoms with E-state index in [1.165, 1.54) is 17.5 Å². The van der Waals surface area contributed by atoms with Crippen molar-refractivity contribution in [3.63, 3.8) is 0 Å². The highest BCUT2D eigenvalue weighted by Gasteiger charge is 2.39. The number of carbonyl (C=O) groups is 3. The fraction of sp³-hybridized carbons (Fsp3) is 0.400. The van der Waals surface area contributed by atoms with E-state index in [1.54, 1.807) is 4.90 Å². The summed E-state index contributed by atoms with van der Waals surface area (Å²) in [5, 5.41) is 9.22. The van der Waals surface area contributed by atoms with Crippen LogP contribution in [0.15, 0.2) is 42.5 Å². The number of nitrogens with one attached hydrogen (secondary N) is 3. The van der Waals surface area contributed by atoms with E-state index in [0.29, 0.717) is 31.0 Å². The van der Waals surface area contributed by atoms with Gasteiger partial charge in [-0.15, -0.1) is 0 Å². The fourth-order valence-electron chi connectivity index (χ4n) is 5.03. The zero-order valence-electron chi connectivity index (χ0n) is 18.0. The molecule has 3 N–H and O–H groups in total. The quantitative estimate of drug-likeness (QED) is 0.606. The van der Waals surface area contributed by atoms with Crippen LogP contribution in [-0.4, -0.2) is 41.8 Å². The number of piperidine rings is 1. The molecule has 0 radical (unpaired) electrons. The molecule has 2 unspecified atom stereocenters. The van der Waals surface area contributed by atoms with E-state index in [1.807, 2.05) is 18.2 Å². The first-order chi connectivity index (χ1) is 15.6. The predicted molar refractivity (Wildman–Crippen MR) is 120 cm³/mol. The molecule has 0 saturated carbocycles. The zero-order chi connectivity index (χ0) is 22.1. The van der Waals surface area contributed by atoms with Crippen LogP contribution in [0, 0.1) is 0 Å². The van der Waals surface area contributed by atoms with Crippen LogP contribution in [0.25, 0.3) is 0 Å². The Bertz CT molecular complexity index is 1040. The molecule has 7 heteroatoms. The zero-order valence-corrected chi connectivity index (χ0v) is 18.0. The molecule has 0 spiro atoms.